The van der Waals surface area contributed by atoms with E-state index in [9.17, 15) is 9.59 Å². The molecule has 0 bridgehead atoms. The van der Waals surface area contributed by atoms with E-state index < -0.39 is 0 Å². The van der Waals surface area contributed by atoms with Gasteiger partial charge in [0.25, 0.3) is 11.5 Å². The number of hydrogen-bond acceptors (Lipinski definition) is 4. The largest absolute Gasteiger partial charge is 0.495 e. The number of fused-ring (bicyclic) bond motifs is 1. The summed E-state index contributed by atoms with van der Waals surface area (Å²) in [6.07, 6.45) is 1.72. The summed E-state index contributed by atoms with van der Waals surface area (Å²) in [5.41, 5.74) is 0.371. The highest BCUT2D eigenvalue weighted by atomic mass is 35.5. The van der Waals surface area contributed by atoms with Gasteiger partial charge in [-0.1, -0.05) is 17.7 Å². The average Bonchev–Trinajstić information content (AvgIpc) is 2.67. The van der Waals surface area contributed by atoms with E-state index in [0.717, 1.165) is 0 Å². The van der Waals surface area contributed by atoms with Gasteiger partial charge in [0.15, 0.2) is 6.61 Å². The molecule has 140 valence electrons. The van der Waals surface area contributed by atoms with Crippen LogP contribution in [0.2, 0.25) is 5.02 Å². The fraction of sp³-hybridized carbons (Fsp3) is 0.200. The number of nitrogens with one attached hydrogen (secondary N) is 1. The van der Waals surface area contributed by atoms with Gasteiger partial charge in [-0.3, -0.25) is 9.59 Å². The predicted octanol–water partition coefficient (Wildman–Crippen LogP) is 3.70. The molecule has 0 aliphatic carbocycles. The predicted molar refractivity (Wildman–Crippen MR) is 106 cm³/mol. The van der Waals surface area contributed by atoms with Crippen LogP contribution >= 0.6 is 11.6 Å². The van der Waals surface area contributed by atoms with Gasteiger partial charge < -0.3 is 19.4 Å². The van der Waals surface area contributed by atoms with Crippen molar-refractivity contribution in [1.82, 2.24) is 4.57 Å². The third-order valence-corrected chi connectivity index (χ3v) is 4.35. The van der Waals surface area contributed by atoms with E-state index in [4.69, 9.17) is 21.1 Å². The summed E-state index contributed by atoms with van der Waals surface area (Å²) < 4.78 is 12.5. The van der Waals surface area contributed by atoms with Crippen molar-refractivity contribution in [2.45, 2.75) is 13.5 Å². The molecular weight excluding hydrogens is 368 g/mol. The van der Waals surface area contributed by atoms with E-state index in [1.165, 1.54) is 7.11 Å². The van der Waals surface area contributed by atoms with Crippen molar-refractivity contribution in [1.29, 1.82) is 0 Å². The van der Waals surface area contributed by atoms with E-state index in [2.05, 4.69) is 5.32 Å². The Kier molecular flexibility index (Phi) is 5.66. The quantitative estimate of drug-likeness (QED) is 0.701. The van der Waals surface area contributed by atoms with Crippen LogP contribution in [0.15, 0.2) is 53.5 Å². The Morgan fingerprint density at radius 2 is 1.96 bits per heavy atom. The van der Waals surface area contributed by atoms with Gasteiger partial charge in [0.2, 0.25) is 0 Å². The minimum atomic E-state index is -0.366. The van der Waals surface area contributed by atoms with E-state index in [-0.39, 0.29) is 18.1 Å². The lowest BCUT2D eigenvalue weighted by Gasteiger charge is -2.12. The molecule has 0 aliphatic rings. The second-order valence-corrected chi connectivity index (χ2v) is 6.24. The highest BCUT2D eigenvalue weighted by Gasteiger charge is 2.11. The molecule has 6 nitrogen and oxygen atoms in total. The number of halogens is 1. The monoisotopic (exact) mass is 386 g/mol. The molecule has 0 aliphatic heterocycles. The molecule has 27 heavy (non-hydrogen) atoms. The number of benzene rings is 2. The third kappa shape index (κ3) is 4.06. The number of hydrogen-bond donors (Lipinski definition) is 1. The second-order valence-electron chi connectivity index (χ2n) is 5.81. The molecule has 0 radical (unpaired) electrons. The lowest BCUT2D eigenvalue weighted by Crippen LogP contribution is -2.21. The summed E-state index contributed by atoms with van der Waals surface area (Å²) in [6, 6.07) is 12.0. The van der Waals surface area contributed by atoms with Crippen molar-refractivity contribution < 1.29 is 14.3 Å². The molecule has 0 unspecified atom stereocenters. The number of pyridine rings is 1. The molecule has 2 aromatic carbocycles. The first-order chi connectivity index (χ1) is 13.0. The van der Waals surface area contributed by atoms with Gasteiger partial charge in [-0.05, 0) is 43.3 Å². The van der Waals surface area contributed by atoms with Gasteiger partial charge in [0, 0.05) is 23.2 Å². The Labute approximate surface area is 161 Å². The molecule has 3 aromatic rings. The zero-order chi connectivity index (χ0) is 19.4. The van der Waals surface area contributed by atoms with Gasteiger partial charge in [-0.2, -0.15) is 0 Å². The maximum absolute atomic E-state index is 12.4. The first-order valence-electron chi connectivity index (χ1n) is 8.42. The molecule has 1 amide bonds. The van der Waals surface area contributed by atoms with Crippen LogP contribution in [0.5, 0.6) is 11.5 Å². The van der Waals surface area contributed by atoms with Crippen molar-refractivity contribution in [2.24, 2.45) is 0 Å². The topological polar surface area (TPSA) is 69.6 Å². The van der Waals surface area contributed by atoms with E-state index >= 15 is 0 Å². The average molecular weight is 387 g/mol. The lowest BCUT2D eigenvalue weighted by molar-refractivity contribution is -0.118. The van der Waals surface area contributed by atoms with Crippen LogP contribution in [0.25, 0.3) is 10.8 Å². The summed E-state index contributed by atoms with van der Waals surface area (Å²) in [5, 5.41) is 4.41. The van der Waals surface area contributed by atoms with Crippen molar-refractivity contribution in [3.8, 4) is 11.5 Å². The number of carbonyl (C=O) groups excluding carboxylic acids is 1. The third-order valence-electron chi connectivity index (χ3n) is 4.11. The minimum Gasteiger partial charge on any atom is -0.495 e. The molecule has 0 spiro atoms. The Morgan fingerprint density at radius 3 is 2.70 bits per heavy atom. The van der Waals surface area contributed by atoms with Crippen LogP contribution in [0.3, 0.4) is 0 Å². The van der Waals surface area contributed by atoms with Crippen LogP contribution in [0.1, 0.15) is 6.92 Å². The molecule has 0 atom stereocenters. The molecule has 0 saturated carbocycles. The molecule has 0 saturated heterocycles. The summed E-state index contributed by atoms with van der Waals surface area (Å²) in [4.78, 5) is 24.7. The number of amides is 1. The molecule has 3 rings (SSSR count). The van der Waals surface area contributed by atoms with Crippen molar-refractivity contribution >= 4 is 34.0 Å². The van der Waals surface area contributed by atoms with Gasteiger partial charge >= 0.3 is 0 Å². The van der Waals surface area contributed by atoms with Gasteiger partial charge in [-0.25, -0.2) is 0 Å². The van der Waals surface area contributed by atoms with Gasteiger partial charge in [0.1, 0.15) is 11.5 Å². The maximum Gasteiger partial charge on any atom is 0.262 e. The van der Waals surface area contributed by atoms with Crippen molar-refractivity contribution in [3.05, 3.63) is 64.0 Å². The molecule has 1 N–H and O–H groups in total. The highest BCUT2D eigenvalue weighted by molar-refractivity contribution is 6.31. The normalized spacial score (nSPS) is 10.6. The molecule has 1 aromatic heterocycles. The van der Waals surface area contributed by atoms with E-state index in [0.29, 0.717) is 39.5 Å². The van der Waals surface area contributed by atoms with Crippen LogP contribution in [0.4, 0.5) is 5.69 Å². The Morgan fingerprint density at radius 1 is 1.15 bits per heavy atom. The minimum absolute atomic E-state index is 0.0893. The number of carbonyl (C=O) groups is 1. The number of anilines is 1. The van der Waals surface area contributed by atoms with Crippen LogP contribution < -0.4 is 20.3 Å². The van der Waals surface area contributed by atoms with E-state index in [1.807, 2.05) is 13.0 Å². The Hall–Kier alpha value is -2.99. The number of methoxy groups -OCH3 is 1. The fourth-order valence-electron chi connectivity index (χ4n) is 2.77. The highest BCUT2D eigenvalue weighted by Crippen LogP contribution is 2.28. The number of aromatic nitrogens is 1. The number of nitrogens with zero attached hydrogens (tertiary/aromatic N) is 1. The zero-order valence-electron chi connectivity index (χ0n) is 15.0. The molecule has 7 heteroatoms. The van der Waals surface area contributed by atoms with Crippen LogP contribution in [-0.4, -0.2) is 24.2 Å². The summed E-state index contributed by atoms with van der Waals surface area (Å²) in [6.45, 7) is 2.28. The fourth-order valence-corrected chi connectivity index (χ4v) is 2.94. The first kappa shape index (κ1) is 18.8. The standard InChI is InChI=1S/C20H19ClN2O4/c1-3-23-10-9-14-15(20(23)25)5-4-6-17(14)27-12-19(24)22-16-11-13(21)7-8-18(16)26-2/h4-11H,3,12H2,1-2H3,(H,22,24). The smallest absolute Gasteiger partial charge is 0.262 e. The molecular formula is C20H19ClN2O4. The summed E-state index contributed by atoms with van der Waals surface area (Å²) in [7, 11) is 1.51. The molecule has 1 heterocycles. The van der Waals surface area contributed by atoms with Crippen molar-refractivity contribution in [3.63, 3.8) is 0 Å². The van der Waals surface area contributed by atoms with Crippen LogP contribution in [0, 0.1) is 0 Å². The first-order valence-corrected chi connectivity index (χ1v) is 8.79. The lowest BCUT2D eigenvalue weighted by atomic mass is 10.1. The molecule has 0 fully saturated rings. The number of rotatable bonds is 6. The van der Waals surface area contributed by atoms with Crippen LogP contribution in [-0.2, 0) is 11.3 Å². The van der Waals surface area contributed by atoms with Crippen molar-refractivity contribution in [2.75, 3.05) is 19.0 Å². The summed E-state index contributed by atoms with van der Waals surface area (Å²) >= 11 is 5.97. The van der Waals surface area contributed by atoms with Gasteiger partial charge in [0.05, 0.1) is 18.2 Å². The number of ether oxygens (including phenoxy) is 2. The Balaban J connectivity index is 1.77. The summed E-state index contributed by atoms with van der Waals surface area (Å²) in [5.74, 6) is 0.605. The SMILES string of the molecule is CCn1ccc2c(OCC(=O)Nc3cc(Cl)ccc3OC)cccc2c1=O. The second kappa shape index (κ2) is 8.14. The zero-order valence-corrected chi connectivity index (χ0v) is 15.7. The van der Waals surface area contributed by atoms with E-state index in [1.54, 1.807) is 47.2 Å². The Bertz CT molecular complexity index is 1050. The number of aryl methyl sites for hydroxylation is 1. The maximum atomic E-state index is 12.4. The van der Waals surface area contributed by atoms with Gasteiger partial charge in [-0.15, -0.1) is 0 Å².